The predicted molar refractivity (Wildman–Crippen MR) is 91.4 cm³/mol. The van der Waals surface area contributed by atoms with E-state index in [0.29, 0.717) is 17.7 Å². The topological polar surface area (TPSA) is 24.9 Å². The molecule has 0 radical (unpaired) electrons. The van der Waals surface area contributed by atoms with E-state index >= 15 is 0 Å². The molecule has 130 valence electrons. The van der Waals surface area contributed by atoms with Crippen molar-refractivity contribution in [2.24, 2.45) is 0 Å². The molecule has 1 saturated heterocycles. The molecular weight excluding hydrogens is 276 g/mol. The zero-order valence-corrected chi connectivity index (χ0v) is 15.5. The summed E-state index contributed by atoms with van der Waals surface area (Å²) < 4.78 is 11.9. The van der Waals surface area contributed by atoms with Crippen LogP contribution in [-0.4, -0.2) is 72.5 Å². The van der Waals surface area contributed by atoms with Crippen LogP contribution < -0.4 is 0 Å². The number of piperazine rings is 1. The Morgan fingerprint density at radius 1 is 0.864 bits per heavy atom. The van der Waals surface area contributed by atoms with Crippen LogP contribution in [0.3, 0.4) is 0 Å². The van der Waals surface area contributed by atoms with Crippen molar-refractivity contribution < 1.29 is 9.47 Å². The van der Waals surface area contributed by atoms with Crippen LogP contribution in [0.2, 0.25) is 0 Å². The SMILES string of the molecule is CC(C)(C)O[C@H]1C[C@H](OCCN2CCN(C(C)(C)C)CC2)C1. The van der Waals surface area contributed by atoms with E-state index in [0.717, 1.165) is 26.0 Å². The first-order chi connectivity index (χ1) is 10.1. The van der Waals surface area contributed by atoms with Gasteiger partial charge in [-0.05, 0) is 54.4 Å². The molecule has 0 unspecified atom stereocenters. The molecule has 0 aromatic heterocycles. The Morgan fingerprint density at radius 3 is 1.95 bits per heavy atom. The van der Waals surface area contributed by atoms with Gasteiger partial charge >= 0.3 is 0 Å². The lowest BCUT2D eigenvalue weighted by atomic mass is 9.91. The number of rotatable bonds is 5. The van der Waals surface area contributed by atoms with Crippen LogP contribution in [0.5, 0.6) is 0 Å². The fourth-order valence-corrected chi connectivity index (χ4v) is 3.24. The van der Waals surface area contributed by atoms with Crippen molar-refractivity contribution >= 4 is 0 Å². The zero-order valence-electron chi connectivity index (χ0n) is 15.5. The number of hydrogen-bond donors (Lipinski definition) is 0. The lowest BCUT2D eigenvalue weighted by Gasteiger charge is -2.42. The monoisotopic (exact) mass is 312 g/mol. The summed E-state index contributed by atoms with van der Waals surface area (Å²) in [5.41, 5.74) is 0.277. The highest BCUT2D eigenvalue weighted by molar-refractivity contribution is 4.84. The Balaban J connectivity index is 1.53. The molecule has 0 atom stereocenters. The molecule has 0 aromatic rings. The Labute approximate surface area is 137 Å². The number of nitrogens with zero attached hydrogens (tertiary/aromatic N) is 2. The Morgan fingerprint density at radius 2 is 1.45 bits per heavy atom. The summed E-state index contributed by atoms with van der Waals surface area (Å²) in [5.74, 6) is 0. The smallest absolute Gasteiger partial charge is 0.0631 e. The summed E-state index contributed by atoms with van der Waals surface area (Å²) in [4.78, 5) is 5.11. The van der Waals surface area contributed by atoms with Crippen LogP contribution in [0.4, 0.5) is 0 Å². The molecule has 2 aliphatic rings. The molecule has 4 nitrogen and oxygen atoms in total. The third-order valence-corrected chi connectivity index (χ3v) is 4.65. The maximum Gasteiger partial charge on any atom is 0.0631 e. The fraction of sp³-hybridized carbons (Fsp3) is 1.00. The van der Waals surface area contributed by atoms with Crippen molar-refractivity contribution in [3.8, 4) is 0 Å². The first-order valence-corrected chi connectivity index (χ1v) is 8.90. The quantitative estimate of drug-likeness (QED) is 0.779. The summed E-state index contributed by atoms with van der Waals surface area (Å²) in [6.45, 7) is 19.9. The molecule has 0 aromatic carbocycles. The zero-order chi connectivity index (χ0) is 16.4. The van der Waals surface area contributed by atoms with Gasteiger partial charge in [-0.3, -0.25) is 9.80 Å². The molecule has 0 amide bonds. The van der Waals surface area contributed by atoms with Crippen molar-refractivity contribution in [1.29, 1.82) is 0 Å². The summed E-state index contributed by atoms with van der Waals surface area (Å²) in [7, 11) is 0. The maximum absolute atomic E-state index is 5.98. The van der Waals surface area contributed by atoms with E-state index in [2.05, 4.69) is 51.3 Å². The first-order valence-electron chi connectivity index (χ1n) is 8.90. The molecule has 1 aliphatic heterocycles. The number of ether oxygens (including phenoxy) is 2. The minimum Gasteiger partial charge on any atom is -0.377 e. The van der Waals surface area contributed by atoms with Gasteiger partial charge in [0.15, 0.2) is 0 Å². The van der Waals surface area contributed by atoms with Gasteiger partial charge in [0.25, 0.3) is 0 Å². The summed E-state index contributed by atoms with van der Waals surface area (Å²) in [5, 5.41) is 0. The van der Waals surface area contributed by atoms with E-state index in [1.54, 1.807) is 0 Å². The largest absolute Gasteiger partial charge is 0.377 e. The van der Waals surface area contributed by atoms with Gasteiger partial charge in [0.1, 0.15) is 0 Å². The van der Waals surface area contributed by atoms with Gasteiger partial charge in [-0.25, -0.2) is 0 Å². The molecule has 1 aliphatic carbocycles. The van der Waals surface area contributed by atoms with Crippen LogP contribution in [0, 0.1) is 0 Å². The van der Waals surface area contributed by atoms with E-state index in [9.17, 15) is 0 Å². The highest BCUT2D eigenvalue weighted by Gasteiger charge is 2.33. The molecule has 0 N–H and O–H groups in total. The average molecular weight is 312 g/mol. The summed E-state index contributed by atoms with van der Waals surface area (Å²) in [6, 6.07) is 0. The third kappa shape index (κ3) is 5.80. The lowest BCUT2D eigenvalue weighted by Crippen LogP contribution is -2.54. The Kier molecular flexibility index (Phi) is 5.92. The second-order valence-electron chi connectivity index (χ2n) is 8.82. The van der Waals surface area contributed by atoms with Gasteiger partial charge in [-0.1, -0.05) is 0 Å². The Hall–Kier alpha value is -0.160. The number of hydrogen-bond acceptors (Lipinski definition) is 4. The van der Waals surface area contributed by atoms with Gasteiger partial charge in [-0.2, -0.15) is 0 Å². The molecule has 1 heterocycles. The van der Waals surface area contributed by atoms with E-state index < -0.39 is 0 Å². The van der Waals surface area contributed by atoms with Crippen LogP contribution in [-0.2, 0) is 9.47 Å². The van der Waals surface area contributed by atoms with Gasteiger partial charge in [0.05, 0.1) is 24.4 Å². The van der Waals surface area contributed by atoms with E-state index in [1.165, 1.54) is 26.2 Å². The molecule has 4 heteroatoms. The van der Waals surface area contributed by atoms with Crippen molar-refractivity contribution in [3.63, 3.8) is 0 Å². The van der Waals surface area contributed by atoms with Gasteiger partial charge in [-0.15, -0.1) is 0 Å². The highest BCUT2D eigenvalue weighted by atomic mass is 16.5. The van der Waals surface area contributed by atoms with E-state index in [-0.39, 0.29) is 5.60 Å². The van der Waals surface area contributed by atoms with E-state index in [1.807, 2.05) is 0 Å². The van der Waals surface area contributed by atoms with E-state index in [4.69, 9.17) is 9.47 Å². The minimum atomic E-state index is -0.0254. The van der Waals surface area contributed by atoms with Crippen molar-refractivity contribution in [2.45, 2.75) is 77.7 Å². The van der Waals surface area contributed by atoms with Crippen LogP contribution in [0.1, 0.15) is 54.4 Å². The van der Waals surface area contributed by atoms with Crippen LogP contribution >= 0.6 is 0 Å². The van der Waals surface area contributed by atoms with Gasteiger partial charge < -0.3 is 9.47 Å². The lowest BCUT2D eigenvalue weighted by molar-refractivity contribution is -0.149. The van der Waals surface area contributed by atoms with Crippen molar-refractivity contribution in [1.82, 2.24) is 9.80 Å². The minimum absolute atomic E-state index is 0.0254. The van der Waals surface area contributed by atoms with Gasteiger partial charge in [0.2, 0.25) is 0 Å². The molecule has 2 rings (SSSR count). The second-order valence-corrected chi connectivity index (χ2v) is 8.82. The van der Waals surface area contributed by atoms with Gasteiger partial charge in [0, 0.05) is 38.3 Å². The second kappa shape index (κ2) is 7.16. The molecular formula is C18H36N2O2. The summed E-state index contributed by atoms with van der Waals surface area (Å²) >= 11 is 0. The van der Waals surface area contributed by atoms with Crippen LogP contribution in [0.15, 0.2) is 0 Å². The normalized spacial score (nSPS) is 28.6. The van der Waals surface area contributed by atoms with Crippen molar-refractivity contribution in [3.05, 3.63) is 0 Å². The predicted octanol–water partition coefficient (Wildman–Crippen LogP) is 2.77. The standard InChI is InChI=1S/C18H36N2O2/c1-17(2,3)20-9-7-19(8-10-20)11-12-21-15-13-16(14-15)22-18(4,5)6/h15-16H,7-14H2,1-6H3/t15-,16-. The molecule has 1 saturated carbocycles. The van der Waals surface area contributed by atoms with Crippen molar-refractivity contribution in [2.75, 3.05) is 39.3 Å². The summed E-state index contributed by atoms with van der Waals surface area (Å²) in [6.07, 6.45) is 2.95. The van der Waals surface area contributed by atoms with Crippen LogP contribution in [0.25, 0.3) is 0 Å². The molecule has 2 fully saturated rings. The fourth-order valence-electron chi connectivity index (χ4n) is 3.24. The molecule has 0 spiro atoms. The Bertz CT molecular complexity index is 332. The average Bonchev–Trinajstić information content (AvgIpc) is 2.33. The highest BCUT2D eigenvalue weighted by Crippen LogP contribution is 2.29. The molecule has 0 bridgehead atoms. The third-order valence-electron chi connectivity index (χ3n) is 4.65. The molecule has 22 heavy (non-hydrogen) atoms. The first kappa shape index (κ1) is 18.2. The maximum atomic E-state index is 5.98.